The molecule has 7 nitrogen and oxygen atoms in total. The van der Waals surface area contributed by atoms with Crippen LogP contribution < -0.4 is 17.0 Å². The summed E-state index contributed by atoms with van der Waals surface area (Å²) in [5, 5.41) is 2.59. The van der Waals surface area contributed by atoms with E-state index in [9.17, 15) is 14.5 Å². The van der Waals surface area contributed by atoms with Crippen LogP contribution in [-0.4, -0.2) is 9.13 Å². The molecule has 7 heteroatoms. The van der Waals surface area contributed by atoms with Crippen molar-refractivity contribution in [1.82, 2.24) is 9.13 Å². The van der Waals surface area contributed by atoms with Crippen molar-refractivity contribution in [2.75, 3.05) is 5.73 Å². The van der Waals surface area contributed by atoms with Gasteiger partial charge in [-0.2, -0.15) is 0 Å². The lowest BCUT2D eigenvalue weighted by Gasteiger charge is -2.12. The maximum absolute atomic E-state index is 11.9. The zero-order valence-electron chi connectivity index (χ0n) is 9.77. The van der Waals surface area contributed by atoms with Gasteiger partial charge in [0.2, 0.25) is 5.69 Å². The minimum Gasteiger partial charge on any atom is -0.383 e. The highest BCUT2D eigenvalue weighted by Gasteiger charge is 2.16. The van der Waals surface area contributed by atoms with Crippen LogP contribution in [-0.2, 0) is 13.1 Å². The van der Waals surface area contributed by atoms with Gasteiger partial charge in [-0.1, -0.05) is 12.2 Å². The monoisotopic (exact) mass is 238 g/mol. The second-order valence-electron chi connectivity index (χ2n) is 3.70. The van der Waals surface area contributed by atoms with Crippen LogP contribution >= 0.6 is 0 Å². The number of nitrogens with zero attached hydrogens (tertiary/aromatic N) is 3. The van der Waals surface area contributed by atoms with E-state index in [-0.39, 0.29) is 18.9 Å². The fourth-order valence-corrected chi connectivity index (χ4v) is 1.49. The van der Waals surface area contributed by atoms with Gasteiger partial charge in [0.25, 0.3) is 5.56 Å². The average Bonchev–Trinajstić information content (AvgIpc) is 2.25. The molecule has 0 saturated carbocycles. The van der Waals surface area contributed by atoms with E-state index in [1.54, 1.807) is 13.8 Å². The van der Waals surface area contributed by atoms with Crippen LogP contribution in [0.3, 0.4) is 0 Å². The number of aromatic nitrogens is 2. The van der Waals surface area contributed by atoms with Crippen LogP contribution in [0, 0.1) is 4.91 Å². The van der Waals surface area contributed by atoms with E-state index in [1.807, 2.05) is 0 Å². The van der Waals surface area contributed by atoms with Gasteiger partial charge in [0.15, 0.2) is 0 Å². The normalized spacial score (nSPS) is 10.2. The largest absolute Gasteiger partial charge is 0.383 e. The van der Waals surface area contributed by atoms with E-state index in [4.69, 9.17) is 5.73 Å². The first-order valence-corrected chi connectivity index (χ1v) is 5.04. The minimum atomic E-state index is -0.761. The summed E-state index contributed by atoms with van der Waals surface area (Å²) in [4.78, 5) is 34.2. The molecule has 0 spiro atoms. The molecule has 0 saturated heterocycles. The van der Waals surface area contributed by atoms with Gasteiger partial charge in [-0.05, 0) is 19.0 Å². The summed E-state index contributed by atoms with van der Waals surface area (Å²) in [7, 11) is 0. The number of rotatable bonds is 4. The Labute approximate surface area is 97.1 Å². The fourth-order valence-electron chi connectivity index (χ4n) is 1.49. The lowest BCUT2D eigenvalue weighted by Crippen LogP contribution is -2.40. The second kappa shape index (κ2) is 4.77. The van der Waals surface area contributed by atoms with Crippen molar-refractivity contribution in [1.29, 1.82) is 0 Å². The van der Waals surface area contributed by atoms with Gasteiger partial charge in [-0.15, -0.1) is 4.91 Å². The van der Waals surface area contributed by atoms with Crippen molar-refractivity contribution in [3.05, 3.63) is 37.9 Å². The molecule has 1 rings (SSSR count). The molecule has 0 unspecified atom stereocenters. The molecule has 0 radical (unpaired) electrons. The summed E-state index contributed by atoms with van der Waals surface area (Å²) < 4.78 is 2.03. The van der Waals surface area contributed by atoms with E-state index in [1.165, 1.54) is 0 Å². The van der Waals surface area contributed by atoms with Crippen LogP contribution in [0.1, 0.15) is 13.8 Å². The third kappa shape index (κ3) is 2.17. The summed E-state index contributed by atoms with van der Waals surface area (Å²) >= 11 is 0. The SMILES string of the molecule is C=C(C)Cn1c(N)c(N=O)c(=O)n(CC)c1=O. The predicted octanol–water partition coefficient (Wildman–Crippen LogP) is 0.586. The molecule has 0 atom stereocenters. The molecule has 0 fully saturated rings. The lowest BCUT2D eigenvalue weighted by atomic mass is 10.3. The van der Waals surface area contributed by atoms with Crippen LogP contribution in [0.5, 0.6) is 0 Å². The summed E-state index contributed by atoms with van der Waals surface area (Å²) in [5.41, 5.74) is 4.50. The third-order valence-corrected chi connectivity index (χ3v) is 2.28. The summed E-state index contributed by atoms with van der Waals surface area (Å²) in [6.07, 6.45) is 0. The summed E-state index contributed by atoms with van der Waals surface area (Å²) in [5.74, 6) is -0.220. The van der Waals surface area contributed by atoms with Crippen LogP contribution in [0.4, 0.5) is 11.5 Å². The maximum atomic E-state index is 11.9. The van der Waals surface area contributed by atoms with E-state index in [0.29, 0.717) is 5.57 Å². The number of nitroso groups, excluding NO2 is 1. The predicted molar refractivity (Wildman–Crippen MR) is 65.3 cm³/mol. The number of nitrogens with two attached hydrogens (primary N) is 1. The lowest BCUT2D eigenvalue weighted by molar-refractivity contribution is 0.603. The molecule has 0 aliphatic heterocycles. The van der Waals surface area contributed by atoms with E-state index in [0.717, 1.165) is 9.13 Å². The van der Waals surface area contributed by atoms with Crippen molar-refractivity contribution in [3.63, 3.8) is 0 Å². The maximum Gasteiger partial charge on any atom is 0.332 e. The molecule has 1 aromatic rings. The Morgan fingerprint density at radius 2 is 2.00 bits per heavy atom. The van der Waals surface area contributed by atoms with Crippen LogP contribution in [0.2, 0.25) is 0 Å². The minimum absolute atomic E-state index is 0.146. The number of hydrogen-bond acceptors (Lipinski definition) is 5. The van der Waals surface area contributed by atoms with Crippen molar-refractivity contribution < 1.29 is 0 Å². The molecule has 0 aliphatic rings. The first-order valence-electron chi connectivity index (χ1n) is 5.04. The van der Waals surface area contributed by atoms with Gasteiger partial charge in [0.05, 0.1) is 0 Å². The molecule has 92 valence electrons. The molecule has 1 heterocycles. The van der Waals surface area contributed by atoms with Gasteiger partial charge < -0.3 is 5.73 Å². The molecule has 2 N–H and O–H groups in total. The van der Waals surface area contributed by atoms with E-state index < -0.39 is 16.9 Å². The Morgan fingerprint density at radius 3 is 2.41 bits per heavy atom. The molecular weight excluding hydrogens is 224 g/mol. The fraction of sp³-hybridized carbons (Fsp3) is 0.400. The van der Waals surface area contributed by atoms with E-state index in [2.05, 4.69) is 11.8 Å². The molecule has 0 aliphatic carbocycles. The van der Waals surface area contributed by atoms with Crippen molar-refractivity contribution in [2.24, 2.45) is 5.18 Å². The number of allylic oxidation sites excluding steroid dienone is 1. The first kappa shape index (κ1) is 12.9. The van der Waals surface area contributed by atoms with Gasteiger partial charge in [0.1, 0.15) is 5.82 Å². The summed E-state index contributed by atoms with van der Waals surface area (Å²) in [6, 6.07) is 0. The Hall–Kier alpha value is -2.18. The third-order valence-electron chi connectivity index (χ3n) is 2.28. The average molecular weight is 238 g/mol. The molecule has 1 aromatic heterocycles. The highest BCUT2D eigenvalue weighted by Crippen LogP contribution is 2.14. The molecular formula is C10H14N4O3. The smallest absolute Gasteiger partial charge is 0.332 e. The molecule has 0 bridgehead atoms. The highest BCUT2D eigenvalue weighted by atomic mass is 16.3. The first-order chi connectivity index (χ1) is 7.93. The van der Waals surface area contributed by atoms with Crippen molar-refractivity contribution in [3.8, 4) is 0 Å². The topological polar surface area (TPSA) is 99.4 Å². The van der Waals surface area contributed by atoms with Gasteiger partial charge in [-0.25, -0.2) is 4.79 Å². The second-order valence-corrected chi connectivity index (χ2v) is 3.70. The number of nitrogen functional groups attached to an aromatic ring is 1. The molecule has 0 aromatic carbocycles. The summed E-state index contributed by atoms with van der Waals surface area (Å²) in [6.45, 7) is 7.28. The number of hydrogen-bond donors (Lipinski definition) is 1. The Balaban J connectivity index is 3.72. The van der Waals surface area contributed by atoms with Crippen LogP contribution in [0.25, 0.3) is 0 Å². The van der Waals surface area contributed by atoms with Crippen molar-refractivity contribution in [2.45, 2.75) is 26.9 Å². The molecule has 17 heavy (non-hydrogen) atoms. The van der Waals surface area contributed by atoms with E-state index >= 15 is 0 Å². The quantitative estimate of drug-likeness (QED) is 0.612. The number of anilines is 1. The van der Waals surface area contributed by atoms with Gasteiger partial charge in [-0.3, -0.25) is 13.9 Å². The van der Waals surface area contributed by atoms with Crippen molar-refractivity contribution >= 4 is 11.5 Å². The zero-order valence-corrected chi connectivity index (χ0v) is 9.77. The Kier molecular flexibility index (Phi) is 3.62. The Bertz CT molecular complexity index is 582. The zero-order chi connectivity index (χ0) is 13.2. The van der Waals surface area contributed by atoms with Gasteiger partial charge in [0, 0.05) is 13.1 Å². The standard InChI is InChI=1S/C10H14N4O3/c1-4-13-9(15)7(12-17)8(11)14(10(13)16)5-6(2)3/h2,4-5,11H2,1,3H3. The Morgan fingerprint density at radius 1 is 1.41 bits per heavy atom. The van der Waals surface area contributed by atoms with Crippen LogP contribution in [0.15, 0.2) is 26.9 Å². The van der Waals surface area contributed by atoms with Gasteiger partial charge >= 0.3 is 5.69 Å². The highest BCUT2D eigenvalue weighted by molar-refractivity contribution is 5.56. The molecule has 0 amide bonds.